The number of nitrogens with one attached hydrogen (secondary N) is 2. The third-order valence-corrected chi connectivity index (χ3v) is 5.40. The Bertz CT molecular complexity index is 784. The Hall–Kier alpha value is -2.38. The van der Waals surface area contributed by atoms with Crippen molar-refractivity contribution in [2.24, 2.45) is 0 Å². The van der Waals surface area contributed by atoms with E-state index in [4.69, 9.17) is 4.74 Å². The summed E-state index contributed by atoms with van der Waals surface area (Å²) in [5.41, 5.74) is 4.29. The highest BCUT2D eigenvalue weighted by atomic mass is 16.5. The Morgan fingerprint density at radius 3 is 2.64 bits per heavy atom. The van der Waals surface area contributed by atoms with Gasteiger partial charge in [-0.15, -0.1) is 0 Å². The number of benzene rings is 1. The van der Waals surface area contributed by atoms with Gasteiger partial charge in [0.1, 0.15) is 0 Å². The fraction of sp³-hybridized carbons (Fsp3) is 0.524. The molecule has 0 bridgehead atoms. The second-order valence-corrected chi connectivity index (χ2v) is 7.41. The Labute approximate surface area is 166 Å². The summed E-state index contributed by atoms with van der Waals surface area (Å²) in [5, 5.41) is 6.34. The second kappa shape index (κ2) is 8.75. The van der Waals surface area contributed by atoms with Crippen LogP contribution in [0.3, 0.4) is 0 Å². The van der Waals surface area contributed by atoms with E-state index in [1.807, 2.05) is 32.0 Å². The van der Waals surface area contributed by atoms with Crippen molar-refractivity contribution in [2.75, 3.05) is 46.4 Å². The molecule has 0 radical (unpaired) electrons. The Morgan fingerprint density at radius 2 is 1.96 bits per heavy atom. The first-order chi connectivity index (χ1) is 13.4. The number of nitrogens with zero attached hydrogens (tertiary/aromatic N) is 2. The zero-order chi connectivity index (χ0) is 20.3. The molecule has 2 aliphatic heterocycles. The van der Waals surface area contributed by atoms with Crippen LogP contribution in [0.5, 0.6) is 0 Å². The van der Waals surface area contributed by atoms with Crippen LogP contribution in [-0.2, 0) is 9.53 Å². The number of piperazine rings is 1. The van der Waals surface area contributed by atoms with Gasteiger partial charge in [-0.25, -0.2) is 9.59 Å². The lowest BCUT2D eigenvalue weighted by molar-refractivity contribution is -0.139. The molecule has 7 heteroatoms. The molecule has 1 aromatic rings. The molecule has 0 saturated carbocycles. The van der Waals surface area contributed by atoms with Gasteiger partial charge < -0.3 is 15.4 Å². The van der Waals surface area contributed by atoms with Crippen LogP contribution in [0, 0.1) is 13.8 Å². The number of ether oxygens (including phenoxy) is 1. The van der Waals surface area contributed by atoms with Crippen LogP contribution in [0.2, 0.25) is 0 Å². The molecule has 2 N–H and O–H groups in total. The molecule has 2 aliphatic rings. The lowest BCUT2D eigenvalue weighted by atomic mass is 9.90. The predicted octanol–water partition coefficient (Wildman–Crippen LogP) is 1.72. The van der Waals surface area contributed by atoms with Gasteiger partial charge in [0.05, 0.1) is 18.2 Å². The van der Waals surface area contributed by atoms with Crippen molar-refractivity contribution in [3.05, 3.63) is 46.2 Å². The number of amides is 2. The highest BCUT2D eigenvalue weighted by Crippen LogP contribution is 2.33. The molecular formula is C21H30N4O3. The highest BCUT2D eigenvalue weighted by Gasteiger charge is 2.38. The van der Waals surface area contributed by atoms with Crippen molar-refractivity contribution in [3.63, 3.8) is 0 Å². The first-order valence-corrected chi connectivity index (χ1v) is 9.87. The van der Waals surface area contributed by atoms with Gasteiger partial charge in [-0.2, -0.15) is 0 Å². The summed E-state index contributed by atoms with van der Waals surface area (Å²) in [4.78, 5) is 29.6. The molecule has 152 valence electrons. The van der Waals surface area contributed by atoms with E-state index in [9.17, 15) is 9.59 Å². The fourth-order valence-electron chi connectivity index (χ4n) is 3.78. The minimum atomic E-state index is -0.513. The topological polar surface area (TPSA) is 73.9 Å². The third-order valence-electron chi connectivity index (χ3n) is 5.40. The molecule has 1 unspecified atom stereocenters. The first kappa shape index (κ1) is 20.4. The normalized spacial score (nSPS) is 20.9. The summed E-state index contributed by atoms with van der Waals surface area (Å²) in [6.45, 7) is 10.2. The molecule has 1 fully saturated rings. The molecule has 3 rings (SSSR count). The van der Waals surface area contributed by atoms with Crippen molar-refractivity contribution >= 4 is 12.0 Å². The molecule has 0 aliphatic carbocycles. The van der Waals surface area contributed by atoms with Gasteiger partial charge in [0.15, 0.2) is 0 Å². The number of aryl methyl sites for hydroxylation is 2. The third kappa shape index (κ3) is 4.20. The van der Waals surface area contributed by atoms with Crippen molar-refractivity contribution in [2.45, 2.75) is 26.8 Å². The molecule has 0 aromatic heterocycles. The van der Waals surface area contributed by atoms with Crippen LogP contribution >= 0.6 is 0 Å². The largest absolute Gasteiger partial charge is 0.463 e. The van der Waals surface area contributed by atoms with Crippen LogP contribution in [0.4, 0.5) is 4.79 Å². The fourth-order valence-corrected chi connectivity index (χ4v) is 3.78. The number of esters is 1. The minimum Gasteiger partial charge on any atom is -0.463 e. The zero-order valence-electron chi connectivity index (χ0n) is 17.2. The van der Waals surface area contributed by atoms with Gasteiger partial charge in [-0.1, -0.05) is 23.8 Å². The summed E-state index contributed by atoms with van der Waals surface area (Å²) in [6.07, 6.45) is 0. The molecule has 7 nitrogen and oxygen atoms in total. The zero-order valence-corrected chi connectivity index (χ0v) is 17.2. The van der Waals surface area contributed by atoms with Gasteiger partial charge in [-0.3, -0.25) is 9.80 Å². The van der Waals surface area contributed by atoms with Crippen LogP contribution in [0.25, 0.3) is 0 Å². The standard InChI is InChI=1S/C21H30N4O3/c1-5-28-20(26)18-17(13-25-10-8-22-9-11-25)24(4)21(27)23-19(18)16-12-14(2)6-7-15(16)3/h6-7,12,19,22H,5,8-11,13H2,1-4H3,(H,23,27). The van der Waals surface area contributed by atoms with E-state index in [0.29, 0.717) is 18.7 Å². The van der Waals surface area contributed by atoms with E-state index in [2.05, 4.69) is 15.5 Å². The van der Waals surface area contributed by atoms with Crippen molar-refractivity contribution in [3.8, 4) is 0 Å². The van der Waals surface area contributed by atoms with E-state index >= 15 is 0 Å². The smallest absolute Gasteiger partial charge is 0.338 e. The molecular weight excluding hydrogens is 356 g/mol. The molecule has 1 atom stereocenters. The lowest BCUT2D eigenvalue weighted by Gasteiger charge is -2.38. The predicted molar refractivity (Wildman–Crippen MR) is 108 cm³/mol. The van der Waals surface area contributed by atoms with E-state index in [1.54, 1.807) is 18.9 Å². The maximum Gasteiger partial charge on any atom is 0.338 e. The molecule has 0 spiro atoms. The average Bonchev–Trinajstić information content (AvgIpc) is 2.68. The van der Waals surface area contributed by atoms with Gasteiger partial charge in [0.25, 0.3) is 0 Å². The molecule has 1 saturated heterocycles. The highest BCUT2D eigenvalue weighted by molar-refractivity contribution is 5.95. The van der Waals surface area contributed by atoms with Crippen molar-refractivity contribution in [1.82, 2.24) is 20.4 Å². The van der Waals surface area contributed by atoms with Gasteiger partial charge in [0, 0.05) is 45.5 Å². The Balaban J connectivity index is 2.09. The summed E-state index contributed by atoms with van der Waals surface area (Å²) in [7, 11) is 1.71. The summed E-state index contributed by atoms with van der Waals surface area (Å²) in [6, 6.07) is 5.37. The van der Waals surface area contributed by atoms with Gasteiger partial charge in [-0.05, 0) is 31.9 Å². The SMILES string of the molecule is CCOC(=O)C1=C(CN2CCNCC2)N(C)C(=O)NC1c1cc(C)ccc1C. The minimum absolute atomic E-state index is 0.205. The van der Waals surface area contributed by atoms with Crippen LogP contribution < -0.4 is 10.6 Å². The van der Waals surface area contributed by atoms with Crippen LogP contribution in [0.15, 0.2) is 29.5 Å². The number of urea groups is 1. The van der Waals surface area contributed by atoms with Gasteiger partial charge >= 0.3 is 12.0 Å². The maximum atomic E-state index is 13.0. The number of carbonyl (C=O) groups is 2. The van der Waals surface area contributed by atoms with E-state index < -0.39 is 6.04 Å². The lowest BCUT2D eigenvalue weighted by Crippen LogP contribution is -2.51. The number of likely N-dealkylation sites (N-methyl/N-ethyl adjacent to an activating group) is 1. The summed E-state index contributed by atoms with van der Waals surface area (Å²) in [5.74, 6) is -0.370. The molecule has 28 heavy (non-hydrogen) atoms. The Kier molecular flexibility index (Phi) is 6.36. The van der Waals surface area contributed by atoms with E-state index in [1.165, 1.54) is 0 Å². The second-order valence-electron chi connectivity index (χ2n) is 7.41. The van der Waals surface area contributed by atoms with Crippen molar-refractivity contribution in [1.29, 1.82) is 0 Å². The number of carbonyl (C=O) groups excluding carboxylic acids is 2. The Morgan fingerprint density at radius 1 is 1.25 bits per heavy atom. The quantitative estimate of drug-likeness (QED) is 0.754. The number of hydrogen-bond donors (Lipinski definition) is 2. The average molecular weight is 386 g/mol. The number of hydrogen-bond acceptors (Lipinski definition) is 5. The monoisotopic (exact) mass is 386 g/mol. The first-order valence-electron chi connectivity index (χ1n) is 9.87. The van der Waals surface area contributed by atoms with Crippen molar-refractivity contribution < 1.29 is 14.3 Å². The van der Waals surface area contributed by atoms with Gasteiger partial charge in [0.2, 0.25) is 0 Å². The molecule has 1 aromatic carbocycles. The van der Waals surface area contributed by atoms with E-state index in [-0.39, 0.29) is 12.0 Å². The number of rotatable bonds is 5. The van der Waals surface area contributed by atoms with Crippen LogP contribution in [0.1, 0.15) is 29.7 Å². The maximum absolute atomic E-state index is 13.0. The molecule has 2 amide bonds. The van der Waals surface area contributed by atoms with E-state index in [0.717, 1.165) is 48.6 Å². The summed E-state index contributed by atoms with van der Waals surface area (Å²) >= 11 is 0. The summed E-state index contributed by atoms with van der Waals surface area (Å²) < 4.78 is 5.40. The van der Waals surface area contributed by atoms with Crippen LogP contribution in [-0.4, -0.2) is 68.2 Å². The molecule has 2 heterocycles.